The second-order valence-corrected chi connectivity index (χ2v) is 7.75. The molecule has 0 amide bonds. The maximum atomic E-state index is 13.8. The number of nitrogens with one attached hydrogen (secondary N) is 2. The van der Waals surface area contributed by atoms with Crippen LogP contribution >= 0.6 is 11.3 Å². The van der Waals surface area contributed by atoms with Crippen molar-refractivity contribution in [1.82, 2.24) is 10.6 Å². The highest BCUT2D eigenvalue weighted by Crippen LogP contribution is 2.29. The van der Waals surface area contributed by atoms with Gasteiger partial charge in [0, 0.05) is 41.6 Å². The zero-order valence-corrected chi connectivity index (χ0v) is 16.1. The van der Waals surface area contributed by atoms with E-state index in [1.54, 1.807) is 18.4 Å². The molecule has 0 saturated heterocycles. The minimum Gasteiger partial charge on any atom is -0.467 e. The Morgan fingerprint density at radius 1 is 1.35 bits per heavy atom. The molecule has 0 unspecified atom stereocenters. The highest BCUT2D eigenvalue weighted by Gasteiger charge is 2.22. The number of halogens is 1. The topological polar surface area (TPSA) is 54.9 Å². The van der Waals surface area contributed by atoms with Crippen LogP contribution in [-0.2, 0) is 23.3 Å². The lowest BCUT2D eigenvalue weighted by molar-refractivity contribution is -0.0172. The molecule has 140 valence electrons. The molecule has 1 aromatic heterocycles. The second-order valence-electron chi connectivity index (χ2n) is 6.80. The summed E-state index contributed by atoms with van der Waals surface area (Å²) in [6.07, 6.45) is 0. The fourth-order valence-corrected chi connectivity index (χ4v) is 3.70. The van der Waals surface area contributed by atoms with Crippen molar-refractivity contribution in [1.29, 1.82) is 0 Å². The molecule has 1 aliphatic heterocycles. The van der Waals surface area contributed by atoms with E-state index >= 15 is 0 Å². The molecule has 0 radical (unpaired) electrons. The van der Waals surface area contributed by atoms with Crippen molar-refractivity contribution in [3.05, 3.63) is 51.5 Å². The summed E-state index contributed by atoms with van der Waals surface area (Å²) in [6, 6.07) is 7.14. The molecule has 5 nitrogen and oxygen atoms in total. The number of rotatable bonds is 5. The van der Waals surface area contributed by atoms with E-state index in [2.05, 4.69) is 47.0 Å². The van der Waals surface area contributed by atoms with Crippen molar-refractivity contribution in [2.24, 2.45) is 4.99 Å². The van der Waals surface area contributed by atoms with E-state index in [1.165, 1.54) is 17.0 Å². The molecule has 2 aromatic rings. The average Bonchev–Trinajstić information content (AvgIpc) is 3.17. The third kappa shape index (κ3) is 4.34. The van der Waals surface area contributed by atoms with Crippen LogP contribution in [0.4, 0.5) is 4.39 Å². The summed E-state index contributed by atoms with van der Waals surface area (Å²) in [5.41, 5.74) is 1.48. The molecule has 26 heavy (non-hydrogen) atoms. The average molecular weight is 377 g/mol. The van der Waals surface area contributed by atoms with Gasteiger partial charge in [0.1, 0.15) is 11.6 Å². The number of hydrogen-bond acceptors (Lipinski definition) is 4. The molecule has 2 N–H and O–H groups in total. The molecule has 0 spiro atoms. The van der Waals surface area contributed by atoms with E-state index in [9.17, 15) is 4.39 Å². The van der Waals surface area contributed by atoms with Crippen molar-refractivity contribution < 1.29 is 13.9 Å². The molecule has 7 heteroatoms. The largest absolute Gasteiger partial charge is 0.467 e. The molecule has 2 heterocycles. The van der Waals surface area contributed by atoms with Gasteiger partial charge in [0.05, 0.1) is 6.61 Å². The predicted octanol–water partition coefficient (Wildman–Crippen LogP) is 3.40. The van der Waals surface area contributed by atoms with Gasteiger partial charge in [-0.1, -0.05) is 19.9 Å². The van der Waals surface area contributed by atoms with Crippen LogP contribution in [0.15, 0.2) is 34.6 Å². The summed E-state index contributed by atoms with van der Waals surface area (Å²) in [6.45, 7) is 6.08. The first kappa shape index (κ1) is 18.7. The molecular formula is C19H24FN3O2S. The summed E-state index contributed by atoms with van der Waals surface area (Å²) in [5, 5.41) is 8.67. The van der Waals surface area contributed by atoms with E-state index in [-0.39, 0.29) is 18.0 Å². The van der Waals surface area contributed by atoms with Gasteiger partial charge in [-0.05, 0) is 23.6 Å². The zero-order chi connectivity index (χ0) is 18.6. The lowest BCUT2D eigenvalue weighted by Gasteiger charge is -2.25. The van der Waals surface area contributed by atoms with Gasteiger partial charge in [0.2, 0.25) is 0 Å². The van der Waals surface area contributed by atoms with Crippen molar-refractivity contribution in [2.45, 2.75) is 32.4 Å². The lowest BCUT2D eigenvalue weighted by atomic mass is 9.91. The van der Waals surface area contributed by atoms with Crippen LogP contribution in [-0.4, -0.2) is 26.3 Å². The van der Waals surface area contributed by atoms with Gasteiger partial charge in [-0.25, -0.2) is 4.39 Å². The van der Waals surface area contributed by atoms with Crippen molar-refractivity contribution in [3.8, 4) is 5.75 Å². The Hall–Kier alpha value is -2.12. The number of guanidine groups is 1. The van der Waals surface area contributed by atoms with Crippen molar-refractivity contribution >= 4 is 17.3 Å². The Morgan fingerprint density at radius 2 is 2.19 bits per heavy atom. The molecule has 3 rings (SSSR count). The SMILES string of the molecule is CN=C(NCc1cc(F)cc2c1OCOC2)NCC(C)(C)c1cccs1. The minimum atomic E-state index is -0.295. The van der Waals surface area contributed by atoms with E-state index in [0.717, 1.165) is 17.7 Å². The van der Waals surface area contributed by atoms with Crippen LogP contribution in [0.25, 0.3) is 0 Å². The van der Waals surface area contributed by atoms with Crippen LogP contribution in [0, 0.1) is 5.82 Å². The summed E-state index contributed by atoms with van der Waals surface area (Å²) in [4.78, 5) is 5.57. The molecule has 0 saturated carbocycles. The van der Waals surface area contributed by atoms with Crippen LogP contribution < -0.4 is 15.4 Å². The monoisotopic (exact) mass is 377 g/mol. The minimum absolute atomic E-state index is 0.00967. The van der Waals surface area contributed by atoms with E-state index in [1.807, 2.05) is 0 Å². The number of aliphatic imine (C=N–C) groups is 1. The first-order valence-electron chi connectivity index (χ1n) is 8.50. The predicted molar refractivity (Wildman–Crippen MR) is 102 cm³/mol. The summed E-state index contributed by atoms with van der Waals surface area (Å²) >= 11 is 1.75. The van der Waals surface area contributed by atoms with Gasteiger partial charge < -0.3 is 20.1 Å². The van der Waals surface area contributed by atoms with Crippen LogP contribution in [0.2, 0.25) is 0 Å². The van der Waals surface area contributed by atoms with Crippen LogP contribution in [0.5, 0.6) is 5.75 Å². The number of ether oxygens (including phenoxy) is 2. The molecule has 1 aromatic carbocycles. The first-order chi connectivity index (χ1) is 12.5. The maximum absolute atomic E-state index is 13.8. The van der Waals surface area contributed by atoms with Crippen LogP contribution in [0.3, 0.4) is 0 Å². The highest BCUT2D eigenvalue weighted by atomic mass is 32.1. The van der Waals surface area contributed by atoms with E-state index in [4.69, 9.17) is 9.47 Å². The molecular weight excluding hydrogens is 353 g/mol. The standard InChI is InChI=1S/C19H24FN3O2S/c1-19(2,16-5-4-6-26-16)11-23-18(21-3)22-9-13-7-15(20)8-14-10-24-12-25-17(13)14/h4-8H,9-12H2,1-3H3,(H2,21,22,23). The third-order valence-electron chi connectivity index (χ3n) is 4.31. The molecule has 1 aliphatic rings. The fourth-order valence-electron chi connectivity index (χ4n) is 2.84. The van der Waals surface area contributed by atoms with Crippen LogP contribution in [0.1, 0.15) is 29.9 Å². The Morgan fingerprint density at radius 3 is 2.92 bits per heavy atom. The van der Waals surface area contributed by atoms with Crippen molar-refractivity contribution in [2.75, 3.05) is 20.4 Å². The maximum Gasteiger partial charge on any atom is 0.191 e. The highest BCUT2D eigenvalue weighted by molar-refractivity contribution is 7.10. The number of nitrogens with zero attached hydrogens (tertiary/aromatic N) is 1. The quantitative estimate of drug-likeness (QED) is 0.619. The first-order valence-corrected chi connectivity index (χ1v) is 9.38. The zero-order valence-electron chi connectivity index (χ0n) is 15.3. The summed E-state index contributed by atoms with van der Waals surface area (Å²) in [5.74, 6) is 1.07. The van der Waals surface area contributed by atoms with E-state index in [0.29, 0.717) is 24.9 Å². The van der Waals surface area contributed by atoms with Gasteiger partial charge in [0.15, 0.2) is 12.8 Å². The summed E-state index contributed by atoms with van der Waals surface area (Å²) in [7, 11) is 1.72. The number of fused-ring (bicyclic) bond motifs is 1. The fraction of sp³-hybridized carbons (Fsp3) is 0.421. The van der Waals surface area contributed by atoms with Gasteiger partial charge in [-0.2, -0.15) is 0 Å². The lowest BCUT2D eigenvalue weighted by Crippen LogP contribution is -2.43. The Balaban J connectivity index is 1.62. The van der Waals surface area contributed by atoms with Gasteiger partial charge >= 0.3 is 0 Å². The second kappa shape index (κ2) is 8.05. The van der Waals surface area contributed by atoms with Gasteiger partial charge in [-0.3, -0.25) is 4.99 Å². The number of thiophene rings is 1. The summed E-state index contributed by atoms with van der Waals surface area (Å²) < 4.78 is 24.6. The van der Waals surface area contributed by atoms with E-state index < -0.39 is 0 Å². The molecule has 0 fully saturated rings. The molecule has 0 atom stereocenters. The smallest absolute Gasteiger partial charge is 0.191 e. The number of hydrogen-bond donors (Lipinski definition) is 2. The third-order valence-corrected chi connectivity index (χ3v) is 5.54. The van der Waals surface area contributed by atoms with Crippen molar-refractivity contribution in [3.63, 3.8) is 0 Å². The van der Waals surface area contributed by atoms with Gasteiger partial charge in [-0.15, -0.1) is 11.3 Å². The normalized spacial score (nSPS) is 14.5. The molecule has 0 bridgehead atoms. The molecule has 0 aliphatic carbocycles. The Labute approximate surface area is 157 Å². The Kier molecular flexibility index (Phi) is 5.78. The Bertz CT molecular complexity index is 775. The van der Waals surface area contributed by atoms with Gasteiger partial charge in [0.25, 0.3) is 0 Å². The number of benzene rings is 1.